The Labute approximate surface area is 157 Å². The van der Waals surface area contributed by atoms with Gasteiger partial charge in [-0.1, -0.05) is 77.4 Å². The fourth-order valence-electron chi connectivity index (χ4n) is 3.18. The lowest BCUT2D eigenvalue weighted by Crippen LogP contribution is -2.35. The third kappa shape index (κ3) is 13.5. The molecule has 0 saturated carbocycles. The zero-order valence-corrected chi connectivity index (χ0v) is 17.6. The van der Waals surface area contributed by atoms with Crippen molar-refractivity contribution in [3.05, 3.63) is 12.2 Å². The summed E-state index contributed by atoms with van der Waals surface area (Å²) in [6.45, 7) is 4.62. The molecular formula is C22H44O3. The molecule has 25 heavy (non-hydrogen) atoms. The number of unbranched alkanes of at least 4 members (excludes halogenated alkanes) is 9. The van der Waals surface area contributed by atoms with Gasteiger partial charge in [0.05, 0.1) is 0 Å². The molecule has 0 aromatic heterocycles. The zero-order valence-electron chi connectivity index (χ0n) is 17.6. The molecule has 0 spiro atoms. The van der Waals surface area contributed by atoms with E-state index in [2.05, 4.69) is 26.0 Å². The second-order valence-electron chi connectivity index (χ2n) is 7.21. The van der Waals surface area contributed by atoms with E-state index in [1.54, 1.807) is 21.3 Å². The molecule has 0 aliphatic rings. The molecule has 0 fully saturated rings. The fraction of sp³-hybridized carbons (Fsp3) is 0.909. The highest BCUT2D eigenvalue weighted by Crippen LogP contribution is 2.21. The molecule has 0 rings (SSSR count). The molecule has 0 aromatic carbocycles. The van der Waals surface area contributed by atoms with E-state index in [1.165, 1.54) is 70.6 Å². The first-order valence-electron chi connectivity index (χ1n) is 10.5. The van der Waals surface area contributed by atoms with Crippen LogP contribution in [0, 0.1) is 5.92 Å². The van der Waals surface area contributed by atoms with Crippen LogP contribution in [0.1, 0.15) is 97.3 Å². The lowest BCUT2D eigenvalue weighted by atomic mass is 10.0. The van der Waals surface area contributed by atoms with Crippen molar-refractivity contribution in [3.8, 4) is 0 Å². The molecule has 0 aliphatic carbocycles. The van der Waals surface area contributed by atoms with Crippen molar-refractivity contribution >= 4 is 0 Å². The van der Waals surface area contributed by atoms with Crippen molar-refractivity contribution in [1.29, 1.82) is 0 Å². The Kier molecular flexibility index (Phi) is 16.8. The first-order chi connectivity index (χ1) is 12.1. The standard InChI is InChI=1S/C22H44O3/c1-6-7-8-9-10-12-15-18-21(2)19-16-13-11-14-17-20-22(23-3,24-4)25-5/h15,18,21H,6-14,16-17,19-20H2,1-5H3. The quantitative estimate of drug-likeness (QED) is 0.152. The summed E-state index contributed by atoms with van der Waals surface area (Å²) in [6.07, 6.45) is 21.2. The molecule has 0 radical (unpaired) electrons. The van der Waals surface area contributed by atoms with Crippen LogP contribution >= 0.6 is 0 Å². The van der Waals surface area contributed by atoms with E-state index in [4.69, 9.17) is 14.2 Å². The molecule has 1 atom stereocenters. The van der Waals surface area contributed by atoms with Crippen LogP contribution < -0.4 is 0 Å². The van der Waals surface area contributed by atoms with Gasteiger partial charge in [0.25, 0.3) is 5.97 Å². The third-order valence-corrected chi connectivity index (χ3v) is 5.01. The van der Waals surface area contributed by atoms with Crippen LogP contribution in [-0.2, 0) is 14.2 Å². The first-order valence-corrected chi connectivity index (χ1v) is 10.5. The van der Waals surface area contributed by atoms with E-state index in [9.17, 15) is 0 Å². The van der Waals surface area contributed by atoms with Crippen LogP contribution in [0.15, 0.2) is 12.2 Å². The van der Waals surface area contributed by atoms with Gasteiger partial charge < -0.3 is 14.2 Å². The van der Waals surface area contributed by atoms with Crippen LogP contribution in [0.5, 0.6) is 0 Å². The largest absolute Gasteiger partial charge is 0.331 e. The van der Waals surface area contributed by atoms with Crippen molar-refractivity contribution in [2.75, 3.05) is 21.3 Å². The summed E-state index contributed by atoms with van der Waals surface area (Å²) in [5.74, 6) is -0.130. The molecule has 0 heterocycles. The van der Waals surface area contributed by atoms with Crippen molar-refractivity contribution in [2.24, 2.45) is 5.92 Å². The van der Waals surface area contributed by atoms with Crippen molar-refractivity contribution in [1.82, 2.24) is 0 Å². The van der Waals surface area contributed by atoms with Gasteiger partial charge in [0.2, 0.25) is 0 Å². The predicted molar refractivity (Wildman–Crippen MR) is 108 cm³/mol. The Hall–Kier alpha value is -0.380. The number of allylic oxidation sites excluding steroid dienone is 2. The number of ether oxygens (including phenoxy) is 3. The average Bonchev–Trinajstić information content (AvgIpc) is 2.64. The molecule has 0 saturated heterocycles. The van der Waals surface area contributed by atoms with Crippen LogP contribution in [0.25, 0.3) is 0 Å². The molecule has 0 N–H and O–H groups in total. The molecule has 0 aliphatic heterocycles. The topological polar surface area (TPSA) is 27.7 Å². The van der Waals surface area contributed by atoms with Crippen LogP contribution in [0.4, 0.5) is 0 Å². The number of hydrogen-bond donors (Lipinski definition) is 0. The Morgan fingerprint density at radius 3 is 1.96 bits per heavy atom. The number of rotatable bonds is 18. The second kappa shape index (κ2) is 17.1. The summed E-state index contributed by atoms with van der Waals surface area (Å²) in [6, 6.07) is 0. The molecule has 3 nitrogen and oxygen atoms in total. The lowest BCUT2D eigenvalue weighted by molar-refractivity contribution is -0.355. The van der Waals surface area contributed by atoms with Crippen molar-refractivity contribution < 1.29 is 14.2 Å². The summed E-state index contributed by atoms with van der Waals surface area (Å²) in [4.78, 5) is 0. The Bertz CT molecular complexity index is 289. The second-order valence-corrected chi connectivity index (χ2v) is 7.21. The summed E-state index contributed by atoms with van der Waals surface area (Å²) in [5.41, 5.74) is 0. The monoisotopic (exact) mass is 356 g/mol. The Morgan fingerprint density at radius 2 is 1.32 bits per heavy atom. The summed E-state index contributed by atoms with van der Waals surface area (Å²) >= 11 is 0. The van der Waals surface area contributed by atoms with E-state index >= 15 is 0 Å². The molecule has 0 amide bonds. The third-order valence-electron chi connectivity index (χ3n) is 5.01. The SMILES string of the molecule is CCCCCCCC=CC(C)CCCCCCCC(OC)(OC)OC. The van der Waals surface area contributed by atoms with Gasteiger partial charge in [-0.05, 0) is 31.6 Å². The minimum atomic E-state index is -0.851. The average molecular weight is 357 g/mol. The fourth-order valence-corrected chi connectivity index (χ4v) is 3.18. The van der Waals surface area contributed by atoms with E-state index in [1.807, 2.05) is 0 Å². The van der Waals surface area contributed by atoms with Crippen LogP contribution in [0.3, 0.4) is 0 Å². The highest BCUT2D eigenvalue weighted by Gasteiger charge is 2.28. The maximum absolute atomic E-state index is 5.32. The number of methoxy groups -OCH3 is 3. The number of hydrogen-bond acceptors (Lipinski definition) is 3. The van der Waals surface area contributed by atoms with E-state index < -0.39 is 5.97 Å². The highest BCUT2D eigenvalue weighted by molar-refractivity contribution is 4.86. The molecule has 0 bridgehead atoms. The Balaban J connectivity index is 3.52. The van der Waals surface area contributed by atoms with E-state index in [-0.39, 0.29) is 0 Å². The van der Waals surface area contributed by atoms with Gasteiger partial charge in [-0.25, -0.2) is 0 Å². The molecule has 1 unspecified atom stereocenters. The van der Waals surface area contributed by atoms with Gasteiger partial charge in [-0.2, -0.15) is 0 Å². The normalized spacial score (nSPS) is 13.6. The van der Waals surface area contributed by atoms with Crippen molar-refractivity contribution in [2.45, 2.75) is 103 Å². The summed E-state index contributed by atoms with van der Waals surface area (Å²) in [7, 11) is 4.90. The van der Waals surface area contributed by atoms with Crippen LogP contribution in [0.2, 0.25) is 0 Å². The zero-order chi connectivity index (χ0) is 18.8. The minimum absolute atomic E-state index is 0.721. The minimum Gasteiger partial charge on any atom is -0.331 e. The maximum atomic E-state index is 5.32. The van der Waals surface area contributed by atoms with Crippen molar-refractivity contribution in [3.63, 3.8) is 0 Å². The Morgan fingerprint density at radius 1 is 0.760 bits per heavy atom. The maximum Gasteiger partial charge on any atom is 0.282 e. The van der Waals surface area contributed by atoms with Gasteiger partial charge >= 0.3 is 0 Å². The van der Waals surface area contributed by atoms with Gasteiger partial charge in [0, 0.05) is 27.8 Å². The van der Waals surface area contributed by atoms with Gasteiger partial charge in [0.1, 0.15) is 0 Å². The van der Waals surface area contributed by atoms with Gasteiger partial charge in [-0.15, -0.1) is 0 Å². The smallest absolute Gasteiger partial charge is 0.282 e. The molecule has 0 aromatic rings. The summed E-state index contributed by atoms with van der Waals surface area (Å²) in [5, 5.41) is 0. The first kappa shape index (κ1) is 24.6. The van der Waals surface area contributed by atoms with Gasteiger partial charge in [-0.3, -0.25) is 0 Å². The van der Waals surface area contributed by atoms with Gasteiger partial charge in [0.15, 0.2) is 0 Å². The predicted octanol–water partition coefficient (Wildman–Crippen LogP) is 6.86. The lowest BCUT2D eigenvalue weighted by Gasteiger charge is -2.28. The van der Waals surface area contributed by atoms with E-state index in [0.717, 1.165) is 18.8 Å². The van der Waals surface area contributed by atoms with E-state index in [0.29, 0.717) is 0 Å². The molecule has 3 heteroatoms. The highest BCUT2D eigenvalue weighted by atomic mass is 16.9. The molecular weight excluding hydrogens is 312 g/mol. The molecule has 150 valence electrons. The van der Waals surface area contributed by atoms with Crippen LogP contribution in [-0.4, -0.2) is 27.3 Å². The summed E-state index contributed by atoms with van der Waals surface area (Å²) < 4.78 is 16.0.